The van der Waals surface area contributed by atoms with Crippen molar-refractivity contribution in [3.8, 4) is 23.0 Å². The lowest BCUT2D eigenvalue weighted by molar-refractivity contribution is -0.165. The van der Waals surface area contributed by atoms with Gasteiger partial charge in [0.15, 0.2) is 17.3 Å². The van der Waals surface area contributed by atoms with Gasteiger partial charge in [0.2, 0.25) is 0 Å². The van der Waals surface area contributed by atoms with Crippen LogP contribution in [0, 0.1) is 5.41 Å². The lowest BCUT2D eigenvalue weighted by atomic mass is 9.68. The van der Waals surface area contributed by atoms with Crippen LogP contribution in [0.2, 0.25) is 0 Å². The first kappa shape index (κ1) is 55.2. The van der Waals surface area contributed by atoms with E-state index >= 15 is 14.4 Å². The molecule has 6 aliphatic rings. The van der Waals surface area contributed by atoms with Crippen LogP contribution in [0.25, 0.3) is 297 Å². The van der Waals surface area contributed by atoms with E-state index in [1.807, 2.05) is 36.4 Å². The molecule has 1 atom stereocenters. The average Bonchev–Trinajstić information content (AvgIpc) is 1.35. The smallest absolute Gasteiger partial charge is 0.326 e. The molecule has 37 rings (SSSR count). The molecule has 2 spiro atoms. The van der Waals surface area contributed by atoms with E-state index in [0.29, 0.717) is 29.1 Å². The number of aromatic hydroxyl groups is 2. The number of phenolic OH excluding ortho intramolecular Hbond substituents is 2. The van der Waals surface area contributed by atoms with E-state index in [1.165, 1.54) is 320 Å². The van der Waals surface area contributed by atoms with Gasteiger partial charge in [0, 0.05) is 29.2 Å². The number of Topliss-reactive ketones (excluding diaryl/α,β-unsaturated/α-hetero) is 1. The Morgan fingerprint density at radius 1 is 0.377 bits per heavy atom. The van der Waals surface area contributed by atoms with E-state index < -0.39 is 55.9 Å². The molecule has 0 radical (unpaired) electrons. The van der Waals surface area contributed by atoms with Gasteiger partial charge in [0.25, 0.3) is 0 Å². The van der Waals surface area contributed by atoms with Gasteiger partial charge in [-0.2, -0.15) is 0 Å². The maximum absolute atomic E-state index is 17.8. The first-order chi connectivity index (χ1) is 54.8. The van der Waals surface area contributed by atoms with Crippen LogP contribution in [0.15, 0.2) is 48.0 Å². The average molecular weight is 1460 g/mol. The summed E-state index contributed by atoms with van der Waals surface area (Å²) in [5, 5.41) is 101. The number of ether oxygens (including phenoxy) is 4. The van der Waals surface area contributed by atoms with Crippen LogP contribution in [0.1, 0.15) is 162 Å². The second-order valence-electron chi connectivity index (χ2n) is 41.8. The van der Waals surface area contributed by atoms with Crippen LogP contribution in [0.3, 0.4) is 0 Å². The SMILES string of the molecule is COC(=O)C1(C(=O)OCCCOc2ccc3c(c2)OC(c2cc(C(C)(C)C)c(O)c(C(C)(C)C)c2)/C(=C\c2cc(C(C)(C)C)c(O)c(C(C)(C)C)c2)C3=O)C23c4c5c6c7c8c9c(c%10c%11c2c2c4c4c%12c5c5c6c6c8c8c%13c9c9c%10c%10c%11c%11c2c2c4c4c%12c%12c5c5c6c8c6c8c%13c9c9c%10c%10c%11c2c2c4c4c%12c5c6c5c8c9c%10c2c45)C713. The van der Waals surface area contributed by atoms with Gasteiger partial charge in [-0.05, 0) is 399 Å². The van der Waals surface area contributed by atoms with E-state index in [0.717, 1.165) is 33.4 Å². The second-order valence-corrected chi connectivity index (χ2v) is 41.8. The third kappa shape index (κ3) is 4.01. The van der Waals surface area contributed by atoms with Gasteiger partial charge in [-0.3, -0.25) is 14.4 Å². The van der Waals surface area contributed by atoms with Gasteiger partial charge < -0.3 is 29.2 Å². The Hall–Kier alpha value is -12.3. The Morgan fingerprint density at radius 3 is 0.921 bits per heavy atom. The Bertz CT molecular complexity index is 9180. The molecule has 1 heterocycles. The summed E-state index contributed by atoms with van der Waals surface area (Å²) < 4.78 is 27.8. The maximum atomic E-state index is 17.8. The number of rotatable bonds is 9. The molecule has 0 bridgehead atoms. The van der Waals surface area contributed by atoms with Crippen molar-refractivity contribution < 1.29 is 43.5 Å². The van der Waals surface area contributed by atoms with Crippen molar-refractivity contribution in [1.82, 2.24) is 0 Å². The van der Waals surface area contributed by atoms with Crippen molar-refractivity contribution in [2.45, 2.75) is 128 Å². The molecule has 114 heavy (non-hydrogen) atoms. The number of hydrogen-bond donors (Lipinski definition) is 2. The summed E-state index contributed by atoms with van der Waals surface area (Å²) in [6, 6.07) is 13.4. The van der Waals surface area contributed by atoms with Crippen LogP contribution >= 0.6 is 0 Å². The van der Waals surface area contributed by atoms with E-state index in [9.17, 15) is 10.2 Å². The van der Waals surface area contributed by atoms with Gasteiger partial charge in [-0.15, -0.1) is 0 Å². The highest BCUT2D eigenvalue weighted by atomic mass is 16.6. The molecule has 1 unspecified atom stereocenters. The molecule has 5 aliphatic carbocycles. The van der Waals surface area contributed by atoms with Crippen LogP contribution in [0.4, 0.5) is 0 Å². The summed E-state index contributed by atoms with van der Waals surface area (Å²) >= 11 is 0. The van der Waals surface area contributed by atoms with Gasteiger partial charge in [-0.1, -0.05) is 83.1 Å². The van der Waals surface area contributed by atoms with Crippen molar-refractivity contribution in [1.29, 1.82) is 0 Å². The summed E-state index contributed by atoms with van der Waals surface area (Å²) in [5.74, 6) is 0.0852. The van der Waals surface area contributed by atoms with Crippen LogP contribution in [-0.2, 0) is 51.6 Å². The number of esters is 2. The molecule has 31 aromatic carbocycles. The molecule has 1 saturated carbocycles. The largest absolute Gasteiger partial charge is 0.507 e. The maximum Gasteiger partial charge on any atom is 0.326 e. The number of carbonyl (C=O) groups is 3. The molecule has 9 heteroatoms. The molecular weight excluding hydrogens is 1410 g/mol. The zero-order chi connectivity index (χ0) is 74.8. The van der Waals surface area contributed by atoms with Gasteiger partial charge >= 0.3 is 11.9 Å². The minimum absolute atomic E-state index is 0.0307. The van der Waals surface area contributed by atoms with E-state index in [-0.39, 0.29) is 30.5 Å². The zero-order valence-corrected chi connectivity index (χ0v) is 64.1. The molecule has 0 amide bonds. The van der Waals surface area contributed by atoms with Crippen LogP contribution in [-0.4, -0.2) is 48.3 Å². The summed E-state index contributed by atoms with van der Waals surface area (Å²) in [6.45, 7) is 25.2. The van der Waals surface area contributed by atoms with E-state index in [1.54, 1.807) is 12.1 Å². The number of fused-ring (bicyclic) bond motifs is 1. The molecule has 2 N–H and O–H groups in total. The monoisotopic (exact) mass is 1460 g/mol. The van der Waals surface area contributed by atoms with E-state index in [2.05, 4.69) is 83.1 Å². The third-order valence-corrected chi connectivity index (χ3v) is 34.1. The number of methoxy groups -OCH3 is 1. The lowest BCUT2D eigenvalue weighted by Gasteiger charge is -2.33. The highest BCUT2D eigenvalue weighted by Gasteiger charge is 3.01. The molecule has 1 aliphatic heterocycles. The zero-order valence-electron chi connectivity index (χ0n) is 64.1. The Labute approximate surface area is 640 Å². The predicted octanol–water partition coefficient (Wildman–Crippen LogP) is 25.5. The van der Waals surface area contributed by atoms with Crippen molar-refractivity contribution in [3.63, 3.8) is 0 Å². The van der Waals surface area contributed by atoms with E-state index in [4.69, 9.17) is 18.9 Å². The number of phenols is 2. The fourth-order valence-electron chi connectivity index (χ4n) is 31.7. The fourth-order valence-corrected chi connectivity index (χ4v) is 31.7. The molecule has 1 fully saturated rings. The number of carbonyl (C=O) groups excluding carboxylic acids is 3. The number of ketones is 1. The first-order valence-corrected chi connectivity index (χ1v) is 41.3. The molecule has 9 nitrogen and oxygen atoms in total. The minimum atomic E-state index is -1.88. The molecular formula is C105H56O9. The number of hydrogen-bond acceptors (Lipinski definition) is 9. The normalized spacial score (nSPS) is 21.6. The van der Waals surface area contributed by atoms with Gasteiger partial charge in [-0.25, -0.2) is 0 Å². The van der Waals surface area contributed by atoms with Crippen molar-refractivity contribution in [2.75, 3.05) is 20.3 Å². The highest BCUT2D eigenvalue weighted by Crippen LogP contribution is 2.97. The minimum Gasteiger partial charge on any atom is -0.507 e. The first-order valence-electron chi connectivity index (χ1n) is 41.3. The quantitative estimate of drug-likeness (QED) is 0.0477. The topological polar surface area (TPSA) is 129 Å². The molecule has 530 valence electrons. The summed E-state index contributed by atoms with van der Waals surface area (Å²) in [4.78, 5) is 50.8. The summed E-state index contributed by atoms with van der Waals surface area (Å²) in [6.07, 6.45) is 1.32. The molecule has 31 aromatic rings. The second kappa shape index (κ2) is 14.1. The van der Waals surface area contributed by atoms with Gasteiger partial charge in [0.05, 0.1) is 36.7 Å². The summed E-state index contributed by atoms with van der Waals surface area (Å²) in [7, 11) is 1.53. The standard InChI is InChI=1S/C105H56O9/c1-99(2,3)30-20-25(21-31(94(30)107)100(4,5)6)19-29-93(106)28-16-15-27(24-34(28)114-96(29)26-22-32(101(7,8)9)95(108)33(23-26)102(10,11)12)112-17-14-18-113-98(110)105(97(109)111-13)103-89-81-73-63-53-45-37-35-36-39-43-41(37)49-57-51(43)61-55-47(39)48-40(36)44-42-38(35)46(45)54-60-50(42)58-52(44)62-56(48)66-65(55)75-69(61)79-71(57)77(67(73)59(49)53)85(89)87(79)91-83(75)84-76(66)70(62)80-72(58)78-68(60)74(64(54)63)82(81)90(103)86(78)88(80)92(84)104(91,103)105/h15-16,19-24,96,107-108H,14,17-18H2,1-13H3/b29-19-. The van der Waals surface area contributed by atoms with Crippen LogP contribution < -0.4 is 9.47 Å². The Morgan fingerprint density at radius 2 is 0.649 bits per heavy atom. The number of benzene rings is 21. The lowest BCUT2D eigenvalue weighted by Crippen LogP contribution is -2.38. The highest BCUT2D eigenvalue weighted by molar-refractivity contribution is 6.82. The van der Waals surface area contributed by atoms with Crippen molar-refractivity contribution in [3.05, 3.63) is 109 Å². The fraction of sp³-hybridized carbons (Fsp3) is 0.229. The van der Waals surface area contributed by atoms with Crippen molar-refractivity contribution >= 4 is 315 Å². The molecule has 0 aromatic heterocycles. The third-order valence-electron chi connectivity index (χ3n) is 34.1. The van der Waals surface area contributed by atoms with Crippen molar-refractivity contribution in [2.24, 2.45) is 5.41 Å². The van der Waals surface area contributed by atoms with Gasteiger partial charge in [0.1, 0.15) is 23.0 Å². The summed E-state index contributed by atoms with van der Waals surface area (Å²) in [5.41, 5.74) is 4.01. The Balaban J connectivity index is 0.575. The predicted molar refractivity (Wildman–Crippen MR) is 463 cm³/mol. The van der Waals surface area contributed by atoms with Crippen LogP contribution in [0.5, 0.6) is 23.0 Å². The Kier molecular flexibility index (Phi) is 6.80. The molecule has 0 saturated heterocycles.